The van der Waals surface area contributed by atoms with E-state index in [1.54, 1.807) is 4.90 Å². The molecule has 126 valence electrons. The van der Waals surface area contributed by atoms with Gasteiger partial charge in [0.05, 0.1) is 6.54 Å². The van der Waals surface area contributed by atoms with Crippen LogP contribution in [0.2, 0.25) is 0 Å². The number of hydrazine groups is 1. The number of carbonyl (C=O) groups is 1. The lowest BCUT2D eigenvalue weighted by molar-refractivity contribution is -0.141. The molecule has 2 atom stereocenters. The third-order valence-corrected chi connectivity index (χ3v) is 4.83. The first kappa shape index (κ1) is 14.9. The lowest BCUT2D eigenvalue weighted by atomic mass is 10.1. The number of halogens is 3. The van der Waals surface area contributed by atoms with Gasteiger partial charge in [-0.2, -0.15) is 13.2 Å². The number of rotatable bonds is 2. The minimum atomic E-state index is -4.45. The zero-order chi connectivity index (χ0) is 16.2. The molecule has 0 spiro atoms. The van der Waals surface area contributed by atoms with Crippen LogP contribution in [0.25, 0.3) is 0 Å². The number of aromatic nitrogens is 2. The third-order valence-electron chi connectivity index (χ3n) is 4.83. The van der Waals surface area contributed by atoms with Gasteiger partial charge in [0, 0.05) is 25.3 Å². The Morgan fingerprint density at radius 1 is 1.26 bits per heavy atom. The van der Waals surface area contributed by atoms with E-state index in [-0.39, 0.29) is 18.5 Å². The second-order valence-electron chi connectivity index (χ2n) is 6.51. The summed E-state index contributed by atoms with van der Waals surface area (Å²) in [6.07, 6.45) is -0.297. The molecule has 1 aromatic rings. The van der Waals surface area contributed by atoms with Crippen molar-refractivity contribution in [2.75, 3.05) is 6.54 Å². The maximum Gasteiger partial charge on any atom is 0.434 e. The van der Waals surface area contributed by atoms with Gasteiger partial charge in [-0.3, -0.25) is 10.2 Å². The molecule has 6 nitrogen and oxygen atoms in total. The lowest BCUT2D eigenvalue weighted by Gasteiger charge is -2.29. The van der Waals surface area contributed by atoms with Gasteiger partial charge in [-0.05, 0) is 25.2 Å². The molecule has 1 aliphatic carbocycles. The first-order chi connectivity index (χ1) is 10.9. The minimum absolute atomic E-state index is 0.0662. The summed E-state index contributed by atoms with van der Waals surface area (Å²) in [5.41, 5.74) is 5.30. The van der Waals surface area contributed by atoms with E-state index in [0.717, 1.165) is 12.6 Å². The van der Waals surface area contributed by atoms with Crippen LogP contribution >= 0.6 is 0 Å². The fourth-order valence-electron chi connectivity index (χ4n) is 3.35. The summed E-state index contributed by atoms with van der Waals surface area (Å²) in [6, 6.07) is 0.0248. The molecule has 3 aliphatic rings. The molecule has 1 amide bonds. The number of carbonyl (C=O) groups excluding carboxylic acids is 1. The van der Waals surface area contributed by atoms with Gasteiger partial charge in [0.25, 0.3) is 0 Å². The first-order valence-corrected chi connectivity index (χ1v) is 7.85. The predicted octanol–water partition coefficient (Wildman–Crippen LogP) is 0.889. The largest absolute Gasteiger partial charge is 0.434 e. The van der Waals surface area contributed by atoms with Gasteiger partial charge in [0.15, 0.2) is 5.69 Å². The molecule has 2 aliphatic heterocycles. The Balaban J connectivity index is 1.43. The van der Waals surface area contributed by atoms with Crippen LogP contribution in [-0.4, -0.2) is 39.0 Å². The molecule has 0 aromatic carbocycles. The number of nitrogens with one attached hydrogen (secondary N) is 2. The van der Waals surface area contributed by atoms with Crippen molar-refractivity contribution in [1.29, 1.82) is 0 Å². The van der Waals surface area contributed by atoms with Gasteiger partial charge >= 0.3 is 6.18 Å². The highest BCUT2D eigenvalue weighted by Gasteiger charge is 2.41. The molecule has 23 heavy (non-hydrogen) atoms. The van der Waals surface area contributed by atoms with Crippen molar-refractivity contribution in [3.8, 4) is 0 Å². The second kappa shape index (κ2) is 5.20. The number of amides is 1. The number of hydrogen-bond donors (Lipinski definition) is 2. The van der Waals surface area contributed by atoms with Gasteiger partial charge in [0.1, 0.15) is 11.9 Å². The predicted molar refractivity (Wildman–Crippen MR) is 73.8 cm³/mol. The molecular weight excluding hydrogens is 311 g/mol. The van der Waals surface area contributed by atoms with Gasteiger partial charge in [0.2, 0.25) is 5.91 Å². The Labute approximate surface area is 131 Å². The monoisotopic (exact) mass is 329 g/mol. The molecule has 0 radical (unpaired) electrons. The molecule has 2 unspecified atom stereocenters. The molecule has 2 fully saturated rings. The van der Waals surface area contributed by atoms with Crippen LogP contribution in [0.3, 0.4) is 0 Å². The smallest absolute Gasteiger partial charge is 0.332 e. The van der Waals surface area contributed by atoms with Crippen LogP contribution in [0.1, 0.15) is 30.8 Å². The van der Waals surface area contributed by atoms with Crippen LogP contribution in [0.5, 0.6) is 0 Å². The zero-order valence-corrected chi connectivity index (χ0v) is 12.4. The van der Waals surface area contributed by atoms with Crippen molar-refractivity contribution in [3.05, 3.63) is 17.7 Å². The fraction of sp³-hybridized carbons (Fsp3) is 0.714. The summed E-state index contributed by atoms with van der Waals surface area (Å²) < 4.78 is 39.7. The standard InChI is InChI=1S/C14H18F3N5O/c15-14(16,17)11-6-21-3-4-22(7-12(21)18-11)13(23)10-5-9(19-20-10)8-1-2-8/h6,8-10,19-20H,1-5,7H2. The topological polar surface area (TPSA) is 62.2 Å². The Kier molecular flexibility index (Phi) is 3.38. The maximum absolute atomic E-state index is 12.7. The quantitative estimate of drug-likeness (QED) is 0.846. The molecule has 1 saturated heterocycles. The van der Waals surface area contributed by atoms with Gasteiger partial charge in [-0.1, -0.05) is 0 Å². The van der Waals surface area contributed by atoms with Crippen molar-refractivity contribution in [2.24, 2.45) is 5.92 Å². The SMILES string of the molecule is O=C(C1CC(C2CC2)NN1)N1CCn2cc(C(F)(F)F)nc2C1. The van der Waals surface area contributed by atoms with Gasteiger partial charge < -0.3 is 9.47 Å². The zero-order valence-electron chi connectivity index (χ0n) is 12.4. The molecule has 1 saturated carbocycles. The van der Waals surface area contributed by atoms with E-state index in [9.17, 15) is 18.0 Å². The highest BCUT2D eigenvalue weighted by atomic mass is 19.4. The Bertz CT molecular complexity index is 624. The highest BCUT2D eigenvalue weighted by molar-refractivity contribution is 5.82. The second-order valence-corrected chi connectivity index (χ2v) is 6.51. The molecule has 9 heteroatoms. The normalized spacial score (nSPS) is 28.0. The van der Waals surface area contributed by atoms with E-state index in [2.05, 4.69) is 15.8 Å². The summed E-state index contributed by atoms with van der Waals surface area (Å²) in [6.45, 7) is 0.878. The summed E-state index contributed by atoms with van der Waals surface area (Å²) >= 11 is 0. The Morgan fingerprint density at radius 3 is 2.74 bits per heavy atom. The number of alkyl halides is 3. The van der Waals surface area contributed by atoms with Crippen molar-refractivity contribution < 1.29 is 18.0 Å². The number of hydrogen-bond acceptors (Lipinski definition) is 4. The van der Waals surface area contributed by atoms with E-state index >= 15 is 0 Å². The van der Waals surface area contributed by atoms with Crippen molar-refractivity contribution in [2.45, 2.75) is 50.6 Å². The van der Waals surface area contributed by atoms with Crippen LogP contribution in [0.15, 0.2) is 6.20 Å². The average molecular weight is 329 g/mol. The van der Waals surface area contributed by atoms with Crippen molar-refractivity contribution in [1.82, 2.24) is 25.3 Å². The van der Waals surface area contributed by atoms with E-state index < -0.39 is 11.9 Å². The van der Waals surface area contributed by atoms with E-state index in [0.29, 0.717) is 30.9 Å². The lowest BCUT2D eigenvalue weighted by Crippen LogP contribution is -2.48. The Morgan fingerprint density at radius 2 is 2.04 bits per heavy atom. The molecular formula is C14H18F3N5O. The van der Waals surface area contributed by atoms with Crippen LogP contribution in [0, 0.1) is 5.92 Å². The number of imidazole rings is 1. The third kappa shape index (κ3) is 2.83. The highest BCUT2D eigenvalue weighted by Crippen LogP contribution is 2.36. The van der Waals surface area contributed by atoms with Gasteiger partial charge in [-0.25, -0.2) is 10.4 Å². The molecule has 3 heterocycles. The van der Waals surface area contributed by atoms with Gasteiger partial charge in [-0.15, -0.1) is 0 Å². The van der Waals surface area contributed by atoms with Crippen LogP contribution in [0.4, 0.5) is 13.2 Å². The molecule has 4 rings (SSSR count). The fourth-order valence-corrected chi connectivity index (χ4v) is 3.35. The molecule has 2 N–H and O–H groups in total. The van der Waals surface area contributed by atoms with Crippen LogP contribution < -0.4 is 10.9 Å². The van der Waals surface area contributed by atoms with E-state index in [4.69, 9.17) is 0 Å². The van der Waals surface area contributed by atoms with Crippen molar-refractivity contribution >= 4 is 5.91 Å². The first-order valence-electron chi connectivity index (χ1n) is 7.85. The Hall–Kier alpha value is -1.61. The number of fused-ring (bicyclic) bond motifs is 1. The van der Waals surface area contributed by atoms with E-state index in [1.165, 1.54) is 17.4 Å². The van der Waals surface area contributed by atoms with Crippen LogP contribution in [-0.2, 0) is 24.1 Å². The summed E-state index contributed by atoms with van der Waals surface area (Å²) in [7, 11) is 0. The number of nitrogens with zero attached hydrogens (tertiary/aromatic N) is 3. The minimum Gasteiger partial charge on any atom is -0.332 e. The molecule has 0 bridgehead atoms. The van der Waals surface area contributed by atoms with Crippen molar-refractivity contribution in [3.63, 3.8) is 0 Å². The summed E-state index contributed by atoms with van der Waals surface area (Å²) in [5, 5.41) is 0. The maximum atomic E-state index is 12.7. The summed E-state index contributed by atoms with van der Waals surface area (Å²) in [5.74, 6) is 0.875. The molecule has 1 aromatic heterocycles. The average Bonchev–Trinajstić information content (AvgIpc) is 3.08. The summed E-state index contributed by atoms with van der Waals surface area (Å²) in [4.78, 5) is 17.8. The van der Waals surface area contributed by atoms with E-state index in [1.807, 2.05) is 0 Å².